The molecule has 0 aromatic heterocycles. The molecule has 1 atom stereocenters. The number of ether oxygens (including phenoxy) is 1. The molecule has 0 amide bonds. The van der Waals surface area contributed by atoms with E-state index in [1.54, 1.807) is 7.11 Å². The molecule has 1 aliphatic carbocycles. The first-order valence-corrected chi connectivity index (χ1v) is 6.58. The fourth-order valence-corrected chi connectivity index (χ4v) is 2.42. The minimum absolute atomic E-state index is 0. The quantitative estimate of drug-likeness (QED) is 0.871. The topological polar surface area (TPSA) is 32.7 Å². The van der Waals surface area contributed by atoms with E-state index in [-0.39, 0.29) is 17.0 Å². The summed E-state index contributed by atoms with van der Waals surface area (Å²) in [5.41, 5.74) is 0.351. The highest BCUT2D eigenvalue weighted by Gasteiger charge is 2.44. The van der Waals surface area contributed by atoms with Crippen molar-refractivity contribution in [3.63, 3.8) is 0 Å². The number of benzene rings is 1. The van der Waals surface area contributed by atoms with Crippen molar-refractivity contribution in [1.82, 2.24) is 4.90 Å². The second kappa shape index (κ2) is 6.73. The van der Waals surface area contributed by atoms with E-state index in [9.17, 15) is 5.11 Å². The second-order valence-corrected chi connectivity index (χ2v) is 5.48. The van der Waals surface area contributed by atoms with Gasteiger partial charge in [0, 0.05) is 6.54 Å². The molecular formula is C15H24BrNO2. The van der Waals surface area contributed by atoms with Crippen LogP contribution in [0.25, 0.3) is 0 Å². The van der Waals surface area contributed by atoms with Crippen molar-refractivity contribution in [2.45, 2.75) is 24.9 Å². The first-order valence-electron chi connectivity index (χ1n) is 6.58. The molecule has 0 radical (unpaired) electrons. The van der Waals surface area contributed by atoms with E-state index in [1.165, 1.54) is 0 Å². The van der Waals surface area contributed by atoms with Gasteiger partial charge in [0.25, 0.3) is 0 Å². The highest BCUT2D eigenvalue weighted by atomic mass is 79.9. The van der Waals surface area contributed by atoms with Crippen molar-refractivity contribution in [2.24, 2.45) is 5.92 Å². The Kier molecular flexibility index (Phi) is 5.83. The number of hydrogen-bond donors (Lipinski definition) is 1. The molecule has 1 aromatic rings. The number of halogens is 1. The number of rotatable bonds is 6. The zero-order valence-corrected chi connectivity index (χ0v) is 13.6. The minimum atomic E-state index is -0.670. The average molecular weight is 330 g/mol. The summed E-state index contributed by atoms with van der Waals surface area (Å²) in [5.74, 6) is 1.26. The molecular weight excluding hydrogens is 306 g/mol. The Morgan fingerprint density at radius 1 is 1.26 bits per heavy atom. The maximum Gasteiger partial charge on any atom is 0.118 e. The Hall–Kier alpha value is -0.580. The fraction of sp³-hybridized carbons (Fsp3) is 0.600. The van der Waals surface area contributed by atoms with Crippen LogP contribution in [0.2, 0.25) is 0 Å². The molecule has 0 saturated heterocycles. The van der Waals surface area contributed by atoms with Crippen LogP contribution in [0.3, 0.4) is 0 Å². The highest BCUT2D eigenvalue weighted by Crippen LogP contribution is 2.47. The summed E-state index contributed by atoms with van der Waals surface area (Å²) in [6, 6.07) is 7.84. The van der Waals surface area contributed by atoms with E-state index in [0.717, 1.165) is 37.1 Å². The van der Waals surface area contributed by atoms with Crippen LogP contribution in [0.15, 0.2) is 24.3 Å². The van der Waals surface area contributed by atoms with Gasteiger partial charge in [-0.15, -0.1) is 17.0 Å². The Balaban J connectivity index is 0.00000180. The van der Waals surface area contributed by atoms with Gasteiger partial charge in [-0.25, -0.2) is 0 Å². The summed E-state index contributed by atoms with van der Waals surface area (Å²) >= 11 is 0. The molecule has 1 saturated carbocycles. The van der Waals surface area contributed by atoms with E-state index in [4.69, 9.17) is 4.74 Å². The van der Waals surface area contributed by atoms with Gasteiger partial charge in [0.1, 0.15) is 5.75 Å². The Morgan fingerprint density at radius 3 is 2.26 bits per heavy atom. The van der Waals surface area contributed by atoms with Crippen LogP contribution < -0.4 is 4.74 Å². The zero-order valence-electron chi connectivity index (χ0n) is 11.9. The average Bonchev–Trinajstić information content (AvgIpc) is 3.20. The van der Waals surface area contributed by atoms with Crippen LogP contribution in [0.4, 0.5) is 0 Å². The predicted molar refractivity (Wildman–Crippen MR) is 83.1 cm³/mol. The van der Waals surface area contributed by atoms with Crippen molar-refractivity contribution in [3.05, 3.63) is 29.8 Å². The third kappa shape index (κ3) is 3.94. The lowest BCUT2D eigenvalue weighted by atomic mass is 9.85. The van der Waals surface area contributed by atoms with Gasteiger partial charge >= 0.3 is 0 Å². The lowest BCUT2D eigenvalue weighted by molar-refractivity contribution is -0.00154. The van der Waals surface area contributed by atoms with Gasteiger partial charge in [0.15, 0.2) is 0 Å². The SMILES string of the molecule is Br.COc1ccc(C(O)(CCN(C)C)C2CC2)cc1. The molecule has 108 valence electrons. The molecule has 2 rings (SSSR count). The Labute approximate surface area is 126 Å². The molecule has 1 fully saturated rings. The second-order valence-electron chi connectivity index (χ2n) is 5.48. The lowest BCUT2D eigenvalue weighted by Crippen LogP contribution is -2.32. The van der Waals surface area contributed by atoms with E-state index in [1.807, 2.05) is 38.4 Å². The number of nitrogens with zero attached hydrogens (tertiary/aromatic N) is 1. The van der Waals surface area contributed by atoms with Gasteiger partial charge < -0.3 is 14.7 Å². The normalized spacial score (nSPS) is 17.7. The van der Waals surface area contributed by atoms with E-state index >= 15 is 0 Å². The van der Waals surface area contributed by atoms with Crippen molar-refractivity contribution >= 4 is 17.0 Å². The molecule has 0 aliphatic heterocycles. The number of hydrogen-bond acceptors (Lipinski definition) is 3. The van der Waals surface area contributed by atoms with Crippen LogP contribution in [0.1, 0.15) is 24.8 Å². The first-order chi connectivity index (χ1) is 8.56. The van der Waals surface area contributed by atoms with Gasteiger partial charge in [0.05, 0.1) is 12.7 Å². The number of aliphatic hydroxyl groups is 1. The molecule has 0 bridgehead atoms. The molecule has 1 aromatic carbocycles. The van der Waals surface area contributed by atoms with Gasteiger partial charge in [-0.3, -0.25) is 0 Å². The van der Waals surface area contributed by atoms with Gasteiger partial charge in [-0.05, 0) is 57.0 Å². The van der Waals surface area contributed by atoms with Crippen molar-refractivity contribution < 1.29 is 9.84 Å². The predicted octanol–water partition coefficient (Wildman–Crippen LogP) is 2.82. The third-order valence-corrected chi connectivity index (χ3v) is 3.78. The minimum Gasteiger partial charge on any atom is -0.497 e. The summed E-state index contributed by atoms with van der Waals surface area (Å²) in [4.78, 5) is 2.12. The molecule has 19 heavy (non-hydrogen) atoms. The van der Waals surface area contributed by atoms with Crippen molar-refractivity contribution in [3.8, 4) is 5.75 Å². The molecule has 1 aliphatic rings. The number of methoxy groups -OCH3 is 1. The molecule has 1 unspecified atom stereocenters. The maximum absolute atomic E-state index is 11.0. The van der Waals surface area contributed by atoms with Gasteiger partial charge in [-0.2, -0.15) is 0 Å². The van der Waals surface area contributed by atoms with Crippen LogP contribution in [0.5, 0.6) is 5.75 Å². The smallest absolute Gasteiger partial charge is 0.118 e. The molecule has 3 nitrogen and oxygen atoms in total. The largest absolute Gasteiger partial charge is 0.497 e. The standard InChI is InChI=1S/C15H23NO2.BrH/c1-16(2)11-10-15(17,12-4-5-12)13-6-8-14(18-3)9-7-13;/h6-9,12,17H,4-5,10-11H2,1-3H3;1H. The van der Waals surface area contributed by atoms with Crippen LogP contribution >= 0.6 is 17.0 Å². The molecule has 1 N–H and O–H groups in total. The Morgan fingerprint density at radius 2 is 1.84 bits per heavy atom. The molecule has 4 heteroatoms. The monoisotopic (exact) mass is 329 g/mol. The van der Waals surface area contributed by atoms with Crippen LogP contribution in [-0.4, -0.2) is 37.8 Å². The Bertz CT molecular complexity index is 390. The fourth-order valence-electron chi connectivity index (χ4n) is 2.42. The zero-order chi connectivity index (χ0) is 13.2. The maximum atomic E-state index is 11.0. The van der Waals surface area contributed by atoms with Crippen molar-refractivity contribution in [2.75, 3.05) is 27.7 Å². The summed E-state index contributed by atoms with van der Waals surface area (Å²) in [5, 5.41) is 11.0. The van der Waals surface area contributed by atoms with Crippen LogP contribution in [0, 0.1) is 5.92 Å². The van der Waals surface area contributed by atoms with Crippen LogP contribution in [-0.2, 0) is 5.60 Å². The summed E-state index contributed by atoms with van der Waals surface area (Å²) in [7, 11) is 5.75. The van der Waals surface area contributed by atoms with Gasteiger partial charge in [-0.1, -0.05) is 12.1 Å². The summed E-state index contributed by atoms with van der Waals surface area (Å²) in [6.07, 6.45) is 3.06. The van der Waals surface area contributed by atoms with Crippen molar-refractivity contribution in [1.29, 1.82) is 0 Å². The molecule has 0 spiro atoms. The summed E-state index contributed by atoms with van der Waals surface area (Å²) in [6.45, 7) is 0.902. The van der Waals surface area contributed by atoms with Gasteiger partial charge in [0.2, 0.25) is 0 Å². The third-order valence-electron chi connectivity index (χ3n) is 3.78. The highest BCUT2D eigenvalue weighted by molar-refractivity contribution is 8.93. The first kappa shape index (κ1) is 16.5. The van der Waals surface area contributed by atoms with E-state index < -0.39 is 5.60 Å². The van der Waals surface area contributed by atoms with E-state index in [0.29, 0.717) is 5.92 Å². The lowest BCUT2D eigenvalue weighted by Gasteiger charge is -2.30. The van der Waals surface area contributed by atoms with E-state index in [2.05, 4.69) is 4.90 Å². The molecule has 0 heterocycles. The summed E-state index contributed by atoms with van der Waals surface area (Å²) < 4.78 is 5.17.